The number of hydrogen-bond acceptors (Lipinski definition) is 6. The summed E-state index contributed by atoms with van der Waals surface area (Å²) in [5, 5.41) is 15.9. The number of carbonyl (C=O) groups is 2. The number of nitrogens with one attached hydrogen (secondary N) is 2. The third-order valence-corrected chi connectivity index (χ3v) is 3.48. The molecule has 26 heavy (non-hydrogen) atoms. The smallest absolute Gasteiger partial charge is 0.329 e. The molecular weight excluding hydrogens is 338 g/mol. The van der Waals surface area contributed by atoms with E-state index in [0.29, 0.717) is 22.7 Å². The number of benzene rings is 2. The fraction of sp³-hybridized carbons (Fsp3) is 0.167. The molecule has 0 aromatic heterocycles. The number of nitrogens with zero attached hydrogens (tertiary/aromatic N) is 1. The van der Waals surface area contributed by atoms with E-state index < -0.39 is 11.8 Å². The normalized spacial score (nSPS) is 10.8. The minimum atomic E-state index is -0.930. The molecule has 0 saturated carbocycles. The average molecular weight is 357 g/mol. The topological polar surface area (TPSA) is 109 Å². The Bertz CT molecular complexity index is 848. The van der Waals surface area contributed by atoms with Gasteiger partial charge in [0, 0.05) is 5.56 Å². The molecule has 2 aromatic rings. The molecule has 0 bridgehead atoms. The molecule has 136 valence electrons. The van der Waals surface area contributed by atoms with Crippen molar-refractivity contribution in [2.75, 3.05) is 19.5 Å². The number of para-hydroxylation sites is 2. The van der Waals surface area contributed by atoms with Crippen LogP contribution >= 0.6 is 0 Å². The van der Waals surface area contributed by atoms with Gasteiger partial charge in [-0.05, 0) is 37.3 Å². The Hall–Kier alpha value is -3.55. The van der Waals surface area contributed by atoms with Gasteiger partial charge in [-0.25, -0.2) is 5.43 Å². The van der Waals surface area contributed by atoms with Gasteiger partial charge in [-0.1, -0.05) is 12.1 Å². The van der Waals surface area contributed by atoms with Crippen molar-refractivity contribution >= 4 is 23.2 Å². The highest BCUT2D eigenvalue weighted by molar-refractivity contribution is 6.39. The summed E-state index contributed by atoms with van der Waals surface area (Å²) < 4.78 is 10.1. The van der Waals surface area contributed by atoms with Crippen LogP contribution in [-0.2, 0) is 9.59 Å². The van der Waals surface area contributed by atoms with E-state index in [1.54, 1.807) is 43.3 Å². The number of rotatable bonds is 5. The Balaban J connectivity index is 2.04. The van der Waals surface area contributed by atoms with E-state index in [1.807, 2.05) is 0 Å². The minimum absolute atomic E-state index is 0.00993. The van der Waals surface area contributed by atoms with E-state index in [-0.39, 0.29) is 11.5 Å². The van der Waals surface area contributed by atoms with E-state index in [0.717, 1.165) is 0 Å². The lowest BCUT2D eigenvalue weighted by Crippen LogP contribution is -2.33. The van der Waals surface area contributed by atoms with Crippen LogP contribution in [0.5, 0.6) is 17.2 Å². The first-order valence-electron chi connectivity index (χ1n) is 7.62. The number of hydrazone groups is 1. The SMILES string of the molecule is COc1cc(C(C)=NNC(=O)C(=O)Nc2ccccc2OC)ccc1O. The molecule has 8 nitrogen and oxygen atoms in total. The number of carbonyl (C=O) groups excluding carboxylic acids is 2. The highest BCUT2D eigenvalue weighted by Crippen LogP contribution is 2.26. The van der Waals surface area contributed by atoms with Gasteiger partial charge in [0.05, 0.1) is 25.6 Å². The summed E-state index contributed by atoms with van der Waals surface area (Å²) in [4.78, 5) is 23.9. The fourth-order valence-corrected chi connectivity index (χ4v) is 2.08. The summed E-state index contributed by atoms with van der Waals surface area (Å²) in [6.07, 6.45) is 0. The third kappa shape index (κ3) is 4.50. The Morgan fingerprint density at radius 1 is 1.00 bits per heavy atom. The highest BCUT2D eigenvalue weighted by atomic mass is 16.5. The maximum absolute atomic E-state index is 12.0. The van der Waals surface area contributed by atoms with Crippen LogP contribution in [0.1, 0.15) is 12.5 Å². The lowest BCUT2D eigenvalue weighted by Gasteiger charge is -2.09. The Kier molecular flexibility index (Phi) is 6.15. The van der Waals surface area contributed by atoms with Gasteiger partial charge in [0.2, 0.25) is 0 Å². The number of anilines is 1. The molecule has 2 amide bonds. The standard InChI is InChI=1S/C18H19N3O5/c1-11(12-8-9-14(22)16(10-12)26-3)20-21-18(24)17(23)19-13-6-4-5-7-15(13)25-2/h4-10,22H,1-3H3,(H,19,23)(H,21,24). The highest BCUT2D eigenvalue weighted by Gasteiger charge is 2.15. The molecule has 3 N–H and O–H groups in total. The first-order valence-corrected chi connectivity index (χ1v) is 7.62. The van der Waals surface area contributed by atoms with Crippen LogP contribution in [0.15, 0.2) is 47.6 Å². The van der Waals surface area contributed by atoms with E-state index in [2.05, 4.69) is 15.8 Å². The van der Waals surface area contributed by atoms with Crippen molar-refractivity contribution in [2.24, 2.45) is 5.10 Å². The van der Waals surface area contributed by atoms with Crippen LogP contribution in [0.4, 0.5) is 5.69 Å². The van der Waals surface area contributed by atoms with E-state index in [9.17, 15) is 14.7 Å². The maximum atomic E-state index is 12.0. The van der Waals surface area contributed by atoms with Crippen LogP contribution < -0.4 is 20.2 Å². The second kappa shape index (κ2) is 8.52. The fourth-order valence-electron chi connectivity index (χ4n) is 2.08. The van der Waals surface area contributed by atoms with Crippen molar-refractivity contribution in [1.82, 2.24) is 5.43 Å². The predicted octanol–water partition coefficient (Wildman–Crippen LogP) is 1.89. The molecule has 2 rings (SSSR count). The van der Waals surface area contributed by atoms with E-state index >= 15 is 0 Å². The van der Waals surface area contributed by atoms with Gasteiger partial charge in [0.15, 0.2) is 11.5 Å². The van der Waals surface area contributed by atoms with Crippen LogP contribution in [-0.4, -0.2) is 36.9 Å². The predicted molar refractivity (Wildman–Crippen MR) is 96.6 cm³/mol. The number of amides is 2. The van der Waals surface area contributed by atoms with Crippen LogP contribution in [0.3, 0.4) is 0 Å². The summed E-state index contributed by atoms with van der Waals surface area (Å²) in [6.45, 7) is 1.64. The Morgan fingerprint density at radius 3 is 2.38 bits per heavy atom. The minimum Gasteiger partial charge on any atom is -0.504 e. The van der Waals surface area contributed by atoms with E-state index in [4.69, 9.17) is 9.47 Å². The zero-order valence-electron chi connectivity index (χ0n) is 14.6. The molecule has 0 aliphatic heterocycles. The third-order valence-electron chi connectivity index (χ3n) is 3.48. The number of hydrogen-bond donors (Lipinski definition) is 3. The first kappa shape index (κ1) is 18.8. The molecule has 0 aliphatic carbocycles. The van der Waals surface area contributed by atoms with Crippen LogP contribution in [0.25, 0.3) is 0 Å². The van der Waals surface area contributed by atoms with Crippen molar-refractivity contribution < 1.29 is 24.2 Å². The molecule has 0 heterocycles. The summed E-state index contributed by atoms with van der Waals surface area (Å²) in [6, 6.07) is 11.3. The molecule has 0 unspecified atom stereocenters. The van der Waals surface area contributed by atoms with Gasteiger partial charge >= 0.3 is 11.8 Å². The quantitative estimate of drug-likeness (QED) is 0.430. The van der Waals surface area contributed by atoms with Gasteiger partial charge in [-0.15, -0.1) is 0 Å². The molecule has 8 heteroatoms. The number of phenols is 1. The molecule has 0 aliphatic rings. The molecule has 0 fully saturated rings. The van der Waals surface area contributed by atoms with Gasteiger partial charge in [-0.2, -0.15) is 5.10 Å². The average Bonchev–Trinajstić information content (AvgIpc) is 2.66. The second-order valence-corrected chi connectivity index (χ2v) is 5.18. The van der Waals surface area contributed by atoms with Gasteiger partial charge in [0.1, 0.15) is 5.75 Å². The van der Waals surface area contributed by atoms with Gasteiger partial charge in [0.25, 0.3) is 0 Å². The largest absolute Gasteiger partial charge is 0.504 e. The molecular formula is C18H19N3O5. The zero-order valence-corrected chi connectivity index (χ0v) is 14.6. The van der Waals surface area contributed by atoms with Crippen molar-refractivity contribution in [2.45, 2.75) is 6.92 Å². The van der Waals surface area contributed by atoms with Crippen LogP contribution in [0, 0.1) is 0 Å². The van der Waals surface area contributed by atoms with Gasteiger partial charge in [-0.3, -0.25) is 9.59 Å². The molecule has 0 radical (unpaired) electrons. The lowest BCUT2D eigenvalue weighted by atomic mass is 10.1. The van der Waals surface area contributed by atoms with Crippen LogP contribution in [0.2, 0.25) is 0 Å². The summed E-state index contributed by atoms with van der Waals surface area (Å²) >= 11 is 0. The molecule has 2 aromatic carbocycles. The van der Waals surface area contributed by atoms with Crippen molar-refractivity contribution in [1.29, 1.82) is 0 Å². The number of aromatic hydroxyl groups is 1. The number of ether oxygens (including phenoxy) is 2. The summed E-state index contributed by atoms with van der Waals surface area (Å²) in [5.41, 5.74) is 3.61. The monoisotopic (exact) mass is 357 g/mol. The maximum Gasteiger partial charge on any atom is 0.329 e. The Labute approximate surface area is 150 Å². The van der Waals surface area contributed by atoms with E-state index in [1.165, 1.54) is 20.3 Å². The van der Waals surface area contributed by atoms with Crippen molar-refractivity contribution in [3.8, 4) is 17.2 Å². The van der Waals surface area contributed by atoms with Crippen molar-refractivity contribution in [3.63, 3.8) is 0 Å². The zero-order chi connectivity index (χ0) is 19.1. The number of phenolic OH excluding ortho intramolecular Hbond substituents is 1. The second-order valence-electron chi connectivity index (χ2n) is 5.18. The first-order chi connectivity index (χ1) is 12.5. The van der Waals surface area contributed by atoms with Crippen molar-refractivity contribution in [3.05, 3.63) is 48.0 Å². The molecule has 0 spiro atoms. The molecule has 0 saturated heterocycles. The summed E-state index contributed by atoms with van der Waals surface area (Å²) in [5.74, 6) is -1.11. The number of methoxy groups -OCH3 is 2. The summed E-state index contributed by atoms with van der Waals surface area (Å²) in [7, 11) is 2.89. The molecule has 0 atom stereocenters. The van der Waals surface area contributed by atoms with Gasteiger partial charge < -0.3 is 19.9 Å². The Morgan fingerprint density at radius 2 is 1.69 bits per heavy atom. The lowest BCUT2D eigenvalue weighted by molar-refractivity contribution is -0.136.